The van der Waals surface area contributed by atoms with Crippen LogP contribution in [0.5, 0.6) is 0 Å². The van der Waals surface area contributed by atoms with Crippen molar-refractivity contribution < 1.29 is 18.9 Å². The number of hydrogen-bond donors (Lipinski definition) is 3. The van der Waals surface area contributed by atoms with Gasteiger partial charge in [-0.3, -0.25) is 14.4 Å². The minimum Gasteiger partial charge on any atom is -0.356 e. The van der Waals surface area contributed by atoms with Crippen LogP contribution in [0, 0.1) is 0 Å². The van der Waals surface area contributed by atoms with Gasteiger partial charge in [-0.05, 0) is 18.6 Å². The predicted octanol–water partition coefficient (Wildman–Crippen LogP) is 1.93. The number of carbonyl (C=O) groups is 3. The van der Waals surface area contributed by atoms with E-state index in [1.165, 1.54) is 0 Å². The van der Waals surface area contributed by atoms with E-state index in [9.17, 15) is 14.4 Å². The molecule has 3 aromatic rings. The first-order chi connectivity index (χ1) is 15.1. The minimum atomic E-state index is -0.782. The number of para-hydroxylation sites is 1. The Balaban J connectivity index is 1.23. The normalized spacial score (nSPS) is 15.4. The van der Waals surface area contributed by atoms with Gasteiger partial charge in [-0.15, -0.1) is 0 Å². The summed E-state index contributed by atoms with van der Waals surface area (Å²) < 4.78 is 5.21. The number of fused-ring (bicyclic) bond motifs is 1. The first-order valence-corrected chi connectivity index (χ1v) is 9.95. The SMILES string of the molecule is O=C(CC[C@@H]1NC(=O)c2ccccc2NC1=O)NCCc1nc(-c2ccccc2)no1. The van der Waals surface area contributed by atoms with Crippen molar-refractivity contribution in [3.8, 4) is 11.4 Å². The number of rotatable bonds is 7. The minimum absolute atomic E-state index is 0.0911. The molecule has 9 heteroatoms. The average molecular weight is 419 g/mol. The second kappa shape index (κ2) is 9.21. The summed E-state index contributed by atoms with van der Waals surface area (Å²) in [5.74, 6) is 0.00680. The van der Waals surface area contributed by atoms with Crippen LogP contribution in [0.4, 0.5) is 5.69 Å². The molecule has 9 nitrogen and oxygen atoms in total. The molecule has 0 bridgehead atoms. The summed E-state index contributed by atoms with van der Waals surface area (Å²) in [6.07, 6.45) is 0.672. The number of benzene rings is 2. The second-order valence-electron chi connectivity index (χ2n) is 7.08. The van der Waals surface area contributed by atoms with Gasteiger partial charge in [0.2, 0.25) is 23.5 Å². The van der Waals surface area contributed by atoms with E-state index in [-0.39, 0.29) is 30.6 Å². The van der Waals surface area contributed by atoms with E-state index in [2.05, 4.69) is 26.1 Å². The van der Waals surface area contributed by atoms with Crippen LogP contribution in [0.25, 0.3) is 11.4 Å². The van der Waals surface area contributed by atoms with E-state index in [1.807, 2.05) is 30.3 Å². The van der Waals surface area contributed by atoms with Crippen molar-refractivity contribution in [2.45, 2.75) is 25.3 Å². The summed E-state index contributed by atoms with van der Waals surface area (Å²) in [7, 11) is 0. The van der Waals surface area contributed by atoms with E-state index in [0.717, 1.165) is 5.56 Å². The van der Waals surface area contributed by atoms with Gasteiger partial charge in [0.15, 0.2) is 0 Å². The summed E-state index contributed by atoms with van der Waals surface area (Å²) in [4.78, 5) is 41.2. The van der Waals surface area contributed by atoms with Crippen molar-refractivity contribution in [3.63, 3.8) is 0 Å². The number of amides is 3. The monoisotopic (exact) mass is 419 g/mol. The Hall–Kier alpha value is -4.01. The van der Waals surface area contributed by atoms with E-state index in [0.29, 0.717) is 35.9 Å². The number of nitrogens with one attached hydrogen (secondary N) is 3. The van der Waals surface area contributed by atoms with Crippen LogP contribution in [0.15, 0.2) is 59.1 Å². The molecule has 0 saturated heterocycles. The Morgan fingerprint density at radius 1 is 1.06 bits per heavy atom. The van der Waals surface area contributed by atoms with Crippen LogP contribution in [0.1, 0.15) is 29.1 Å². The first-order valence-electron chi connectivity index (χ1n) is 9.95. The van der Waals surface area contributed by atoms with Gasteiger partial charge in [0, 0.05) is 24.9 Å². The smallest absolute Gasteiger partial charge is 0.254 e. The highest BCUT2D eigenvalue weighted by atomic mass is 16.5. The van der Waals surface area contributed by atoms with Gasteiger partial charge in [0.1, 0.15) is 6.04 Å². The van der Waals surface area contributed by atoms with Gasteiger partial charge in [-0.1, -0.05) is 47.6 Å². The van der Waals surface area contributed by atoms with E-state index >= 15 is 0 Å². The fraction of sp³-hybridized carbons (Fsp3) is 0.227. The fourth-order valence-corrected chi connectivity index (χ4v) is 3.25. The van der Waals surface area contributed by atoms with Crippen LogP contribution < -0.4 is 16.0 Å². The van der Waals surface area contributed by atoms with Gasteiger partial charge < -0.3 is 20.5 Å². The fourth-order valence-electron chi connectivity index (χ4n) is 3.25. The Bertz CT molecular complexity index is 1100. The lowest BCUT2D eigenvalue weighted by atomic mass is 10.1. The van der Waals surface area contributed by atoms with Gasteiger partial charge >= 0.3 is 0 Å². The second-order valence-corrected chi connectivity index (χ2v) is 7.08. The quantitative estimate of drug-likeness (QED) is 0.537. The molecule has 4 rings (SSSR count). The zero-order valence-electron chi connectivity index (χ0n) is 16.6. The van der Waals surface area contributed by atoms with Crippen LogP contribution >= 0.6 is 0 Å². The maximum absolute atomic E-state index is 12.4. The van der Waals surface area contributed by atoms with Gasteiger partial charge in [0.25, 0.3) is 5.91 Å². The number of hydrogen-bond acceptors (Lipinski definition) is 6. The van der Waals surface area contributed by atoms with Crippen molar-refractivity contribution >= 4 is 23.4 Å². The van der Waals surface area contributed by atoms with Crippen molar-refractivity contribution in [3.05, 3.63) is 66.1 Å². The van der Waals surface area contributed by atoms with Crippen molar-refractivity contribution in [1.82, 2.24) is 20.8 Å². The number of nitrogens with zero attached hydrogens (tertiary/aromatic N) is 2. The predicted molar refractivity (Wildman–Crippen MR) is 112 cm³/mol. The molecule has 3 N–H and O–H groups in total. The molecule has 0 unspecified atom stereocenters. The van der Waals surface area contributed by atoms with Crippen molar-refractivity contribution in [2.75, 3.05) is 11.9 Å². The molecule has 1 atom stereocenters. The molecule has 2 aromatic carbocycles. The number of carbonyl (C=O) groups excluding carboxylic acids is 3. The van der Waals surface area contributed by atoms with Crippen LogP contribution in [-0.2, 0) is 16.0 Å². The zero-order chi connectivity index (χ0) is 21.6. The van der Waals surface area contributed by atoms with Gasteiger partial charge in [-0.2, -0.15) is 4.98 Å². The molecular weight excluding hydrogens is 398 g/mol. The summed E-state index contributed by atoms with van der Waals surface area (Å²) in [5.41, 5.74) is 1.72. The lowest BCUT2D eigenvalue weighted by Crippen LogP contribution is -2.42. The Kier molecular flexibility index (Phi) is 6.02. The molecule has 0 radical (unpaired) electrons. The van der Waals surface area contributed by atoms with Crippen LogP contribution in [-0.4, -0.2) is 40.4 Å². The zero-order valence-corrected chi connectivity index (χ0v) is 16.6. The van der Waals surface area contributed by atoms with Gasteiger partial charge in [0.05, 0.1) is 11.3 Å². The maximum atomic E-state index is 12.4. The molecule has 158 valence electrons. The molecule has 2 heterocycles. The molecule has 0 aliphatic carbocycles. The molecule has 1 aliphatic rings. The molecule has 3 amide bonds. The highest BCUT2D eigenvalue weighted by Crippen LogP contribution is 2.19. The standard InChI is InChI=1S/C22H21N5O4/c28-18(23-13-12-19-26-20(27-31-19)14-6-2-1-3-7-14)11-10-17-22(30)24-16-9-5-4-8-15(16)21(29)25-17/h1-9,17H,10-13H2,(H,23,28)(H,24,30)(H,25,29)/t17-/m0/s1. The largest absolute Gasteiger partial charge is 0.356 e. The lowest BCUT2D eigenvalue weighted by Gasteiger charge is -2.14. The van der Waals surface area contributed by atoms with Crippen molar-refractivity contribution in [2.24, 2.45) is 0 Å². The Labute approximate surface area is 178 Å². The number of anilines is 1. The first kappa shape index (κ1) is 20.3. The molecule has 0 saturated carbocycles. The lowest BCUT2D eigenvalue weighted by molar-refractivity contribution is -0.121. The summed E-state index contributed by atoms with van der Waals surface area (Å²) >= 11 is 0. The third kappa shape index (κ3) is 4.95. The Morgan fingerprint density at radius 3 is 2.68 bits per heavy atom. The van der Waals surface area contributed by atoms with Crippen molar-refractivity contribution in [1.29, 1.82) is 0 Å². The third-order valence-electron chi connectivity index (χ3n) is 4.87. The Morgan fingerprint density at radius 2 is 1.84 bits per heavy atom. The molecule has 0 spiro atoms. The highest BCUT2D eigenvalue weighted by molar-refractivity contribution is 6.09. The molecule has 31 heavy (non-hydrogen) atoms. The van der Waals surface area contributed by atoms with Crippen LogP contribution in [0.2, 0.25) is 0 Å². The summed E-state index contributed by atoms with van der Waals surface area (Å²) in [5, 5.41) is 12.1. The van der Waals surface area contributed by atoms with E-state index < -0.39 is 6.04 Å². The molecular formula is C22H21N5O4. The van der Waals surface area contributed by atoms with E-state index in [4.69, 9.17) is 4.52 Å². The highest BCUT2D eigenvalue weighted by Gasteiger charge is 2.27. The molecule has 0 fully saturated rings. The topological polar surface area (TPSA) is 126 Å². The average Bonchev–Trinajstić information content (AvgIpc) is 3.21. The summed E-state index contributed by atoms with van der Waals surface area (Å²) in [6.45, 7) is 0.323. The molecule has 1 aliphatic heterocycles. The van der Waals surface area contributed by atoms with E-state index in [1.54, 1.807) is 24.3 Å². The summed E-state index contributed by atoms with van der Waals surface area (Å²) in [6, 6.07) is 15.5. The van der Waals surface area contributed by atoms with Gasteiger partial charge in [-0.25, -0.2) is 0 Å². The van der Waals surface area contributed by atoms with Crippen LogP contribution in [0.3, 0.4) is 0 Å². The third-order valence-corrected chi connectivity index (χ3v) is 4.87. The maximum Gasteiger partial charge on any atom is 0.254 e. The molecule has 1 aromatic heterocycles. The number of aromatic nitrogens is 2.